The molecule has 20 heavy (non-hydrogen) atoms. The molecule has 1 heterocycles. The highest BCUT2D eigenvalue weighted by atomic mass is 16.4. The first-order chi connectivity index (χ1) is 9.61. The van der Waals surface area contributed by atoms with E-state index in [1.807, 2.05) is 0 Å². The van der Waals surface area contributed by atoms with Gasteiger partial charge in [0.25, 0.3) is 5.91 Å². The van der Waals surface area contributed by atoms with Gasteiger partial charge in [-0.25, -0.2) is 4.79 Å². The van der Waals surface area contributed by atoms with E-state index in [9.17, 15) is 9.59 Å². The van der Waals surface area contributed by atoms with Gasteiger partial charge in [0.1, 0.15) is 0 Å². The second kappa shape index (κ2) is 6.52. The number of benzene rings is 1. The number of amides is 1. The maximum absolute atomic E-state index is 12.1. The number of carboxylic acids is 1. The molecule has 0 spiro atoms. The summed E-state index contributed by atoms with van der Waals surface area (Å²) < 4.78 is 0. The Morgan fingerprint density at radius 2 is 2.05 bits per heavy atom. The fraction of sp³-hybridized carbons (Fsp3) is 0.467. The monoisotopic (exact) mass is 276 g/mol. The van der Waals surface area contributed by atoms with Gasteiger partial charge in [0.05, 0.1) is 11.1 Å². The van der Waals surface area contributed by atoms with E-state index < -0.39 is 5.97 Å². The van der Waals surface area contributed by atoms with E-state index in [4.69, 9.17) is 5.11 Å². The number of aromatic carboxylic acids is 1. The predicted octanol–water partition coefficient (Wildman–Crippen LogP) is 1.46. The molecule has 0 aromatic heterocycles. The summed E-state index contributed by atoms with van der Waals surface area (Å²) in [6, 6.07) is 6.30. The summed E-state index contributed by atoms with van der Waals surface area (Å²) in [6.45, 7) is 5.83. The van der Waals surface area contributed by atoms with Crippen molar-refractivity contribution in [3.05, 3.63) is 35.4 Å². The highest BCUT2D eigenvalue weighted by molar-refractivity contribution is 6.04. The predicted molar refractivity (Wildman–Crippen MR) is 76.0 cm³/mol. The van der Waals surface area contributed by atoms with E-state index in [-0.39, 0.29) is 17.0 Å². The third kappa shape index (κ3) is 3.36. The lowest BCUT2D eigenvalue weighted by Gasteiger charge is -2.14. The van der Waals surface area contributed by atoms with Crippen LogP contribution in [0.4, 0.5) is 0 Å². The number of hydrogen-bond acceptors (Lipinski definition) is 3. The van der Waals surface area contributed by atoms with Gasteiger partial charge < -0.3 is 15.3 Å². The molecule has 1 saturated heterocycles. The van der Waals surface area contributed by atoms with Crippen LogP contribution < -0.4 is 5.32 Å². The number of carbonyl (C=O) groups is 2. The van der Waals surface area contributed by atoms with Gasteiger partial charge in [-0.3, -0.25) is 4.79 Å². The molecule has 5 heteroatoms. The average Bonchev–Trinajstić information content (AvgIpc) is 2.92. The fourth-order valence-electron chi connectivity index (χ4n) is 2.57. The Kier molecular flexibility index (Phi) is 4.74. The van der Waals surface area contributed by atoms with E-state index >= 15 is 0 Å². The van der Waals surface area contributed by atoms with E-state index in [1.165, 1.54) is 6.07 Å². The highest BCUT2D eigenvalue weighted by Gasteiger charge is 2.22. The summed E-state index contributed by atoms with van der Waals surface area (Å²) in [6.07, 6.45) is 1.08. The van der Waals surface area contributed by atoms with Crippen molar-refractivity contribution in [1.82, 2.24) is 10.2 Å². The number of hydrogen-bond donors (Lipinski definition) is 2. The van der Waals surface area contributed by atoms with Crippen molar-refractivity contribution in [3.8, 4) is 0 Å². The molecule has 5 nitrogen and oxygen atoms in total. The number of carboxylic acid groups (broad SMARTS) is 1. The molecule has 2 rings (SSSR count). The minimum Gasteiger partial charge on any atom is -0.478 e. The van der Waals surface area contributed by atoms with Crippen molar-refractivity contribution in [3.63, 3.8) is 0 Å². The summed E-state index contributed by atoms with van der Waals surface area (Å²) >= 11 is 0. The van der Waals surface area contributed by atoms with Crippen LogP contribution in [-0.4, -0.2) is 48.1 Å². The summed E-state index contributed by atoms with van der Waals surface area (Å²) in [5, 5.41) is 11.9. The lowest BCUT2D eigenvalue weighted by molar-refractivity contribution is 0.0691. The number of rotatable bonds is 5. The Morgan fingerprint density at radius 1 is 1.35 bits per heavy atom. The highest BCUT2D eigenvalue weighted by Crippen LogP contribution is 2.15. The summed E-state index contributed by atoms with van der Waals surface area (Å²) in [5.41, 5.74) is 0.275. The van der Waals surface area contributed by atoms with Crippen LogP contribution >= 0.6 is 0 Å². The first kappa shape index (κ1) is 14.5. The molecule has 1 aliphatic heterocycles. The molecule has 1 unspecified atom stereocenters. The molecule has 1 atom stereocenters. The van der Waals surface area contributed by atoms with E-state index in [0.717, 1.165) is 26.1 Å². The Bertz CT molecular complexity index is 502. The van der Waals surface area contributed by atoms with Crippen molar-refractivity contribution < 1.29 is 14.7 Å². The van der Waals surface area contributed by atoms with Gasteiger partial charge in [0.2, 0.25) is 0 Å². The van der Waals surface area contributed by atoms with Crippen LogP contribution in [0, 0.1) is 5.92 Å². The molecule has 1 aromatic rings. The van der Waals surface area contributed by atoms with Gasteiger partial charge in [-0.1, -0.05) is 19.1 Å². The molecule has 2 N–H and O–H groups in total. The lowest BCUT2D eigenvalue weighted by atomic mass is 10.1. The van der Waals surface area contributed by atoms with Crippen molar-refractivity contribution >= 4 is 11.9 Å². The van der Waals surface area contributed by atoms with Crippen LogP contribution in [0.15, 0.2) is 24.3 Å². The molecule has 108 valence electrons. The maximum atomic E-state index is 12.1. The molecular weight excluding hydrogens is 256 g/mol. The molecule has 0 bridgehead atoms. The molecule has 1 amide bonds. The summed E-state index contributed by atoms with van der Waals surface area (Å²) in [4.78, 5) is 25.5. The fourth-order valence-corrected chi connectivity index (χ4v) is 2.57. The largest absolute Gasteiger partial charge is 0.478 e. The van der Waals surface area contributed by atoms with Gasteiger partial charge in [-0.2, -0.15) is 0 Å². The zero-order valence-corrected chi connectivity index (χ0v) is 11.6. The third-order valence-electron chi connectivity index (χ3n) is 3.77. The standard InChI is InChI=1S/C15H20N2O3/c1-2-17-8-7-11(10-17)9-16-14(18)12-5-3-4-6-13(12)15(19)20/h3-6,11H,2,7-10H2,1H3,(H,16,18)(H,19,20). The Morgan fingerprint density at radius 3 is 2.65 bits per heavy atom. The van der Waals surface area contributed by atoms with Crippen LogP contribution in [-0.2, 0) is 0 Å². The van der Waals surface area contributed by atoms with E-state index in [2.05, 4.69) is 17.1 Å². The number of likely N-dealkylation sites (tertiary alicyclic amines) is 1. The van der Waals surface area contributed by atoms with Gasteiger partial charge in [-0.15, -0.1) is 0 Å². The molecule has 1 aromatic carbocycles. The quantitative estimate of drug-likeness (QED) is 0.854. The second-order valence-corrected chi connectivity index (χ2v) is 5.11. The van der Waals surface area contributed by atoms with Crippen LogP contribution in [0.25, 0.3) is 0 Å². The topological polar surface area (TPSA) is 69.6 Å². The average molecular weight is 276 g/mol. The normalized spacial score (nSPS) is 18.9. The van der Waals surface area contributed by atoms with Crippen molar-refractivity contribution in [1.29, 1.82) is 0 Å². The minimum absolute atomic E-state index is 0.0478. The van der Waals surface area contributed by atoms with Crippen LogP contribution in [0.5, 0.6) is 0 Å². The van der Waals surface area contributed by atoms with Crippen molar-refractivity contribution in [2.45, 2.75) is 13.3 Å². The first-order valence-corrected chi connectivity index (χ1v) is 6.94. The van der Waals surface area contributed by atoms with Crippen LogP contribution in [0.3, 0.4) is 0 Å². The van der Waals surface area contributed by atoms with Gasteiger partial charge in [0, 0.05) is 13.1 Å². The molecule has 0 radical (unpaired) electrons. The van der Waals surface area contributed by atoms with Gasteiger partial charge in [-0.05, 0) is 37.6 Å². The molecule has 0 saturated carbocycles. The van der Waals surface area contributed by atoms with E-state index in [1.54, 1.807) is 18.2 Å². The van der Waals surface area contributed by atoms with Gasteiger partial charge >= 0.3 is 5.97 Å². The smallest absolute Gasteiger partial charge is 0.336 e. The SMILES string of the molecule is CCN1CCC(CNC(=O)c2ccccc2C(=O)O)C1. The Hall–Kier alpha value is -1.88. The van der Waals surface area contributed by atoms with Crippen LogP contribution in [0.2, 0.25) is 0 Å². The zero-order valence-electron chi connectivity index (χ0n) is 11.6. The minimum atomic E-state index is -1.08. The van der Waals surface area contributed by atoms with Gasteiger partial charge in [0.15, 0.2) is 0 Å². The molecule has 0 aliphatic carbocycles. The number of nitrogens with one attached hydrogen (secondary N) is 1. The van der Waals surface area contributed by atoms with E-state index in [0.29, 0.717) is 12.5 Å². The molecule has 1 aliphatic rings. The lowest BCUT2D eigenvalue weighted by Crippen LogP contribution is -2.31. The third-order valence-corrected chi connectivity index (χ3v) is 3.77. The molecule has 1 fully saturated rings. The zero-order chi connectivity index (χ0) is 14.5. The maximum Gasteiger partial charge on any atom is 0.336 e. The Balaban J connectivity index is 1.94. The molecular formula is C15H20N2O3. The van der Waals surface area contributed by atoms with Crippen LogP contribution in [0.1, 0.15) is 34.1 Å². The second-order valence-electron chi connectivity index (χ2n) is 5.11. The Labute approximate surface area is 118 Å². The van der Waals surface area contributed by atoms with Crippen molar-refractivity contribution in [2.75, 3.05) is 26.2 Å². The van der Waals surface area contributed by atoms with Crippen molar-refractivity contribution in [2.24, 2.45) is 5.92 Å². The summed E-state index contributed by atoms with van der Waals surface area (Å²) in [7, 11) is 0. The summed E-state index contributed by atoms with van der Waals surface area (Å²) in [5.74, 6) is -0.928. The first-order valence-electron chi connectivity index (χ1n) is 6.94. The number of carbonyl (C=O) groups excluding carboxylic acids is 1. The number of nitrogens with zero attached hydrogens (tertiary/aromatic N) is 1.